The van der Waals surface area contributed by atoms with Crippen LogP contribution in [-0.4, -0.2) is 30.3 Å². The van der Waals surface area contributed by atoms with Gasteiger partial charge in [0, 0.05) is 24.3 Å². The van der Waals surface area contributed by atoms with Crippen LogP contribution in [0.25, 0.3) is 11.4 Å². The van der Waals surface area contributed by atoms with Crippen LogP contribution in [0.3, 0.4) is 0 Å². The number of aromatic nitrogens is 2. The van der Waals surface area contributed by atoms with E-state index in [0.717, 1.165) is 43.1 Å². The summed E-state index contributed by atoms with van der Waals surface area (Å²) in [5.41, 5.74) is 0.957. The maximum Gasteiger partial charge on any atom is 0.230 e. The van der Waals surface area contributed by atoms with Gasteiger partial charge in [-0.05, 0) is 24.3 Å². The lowest BCUT2D eigenvalue weighted by atomic mass is 9.98. The second-order valence-electron chi connectivity index (χ2n) is 4.83. The van der Waals surface area contributed by atoms with Crippen LogP contribution in [0.4, 0.5) is 0 Å². The zero-order chi connectivity index (χ0) is 13.1. The third-order valence-electron chi connectivity index (χ3n) is 3.58. The number of nitrogens with two attached hydrogens (primary N) is 1. The smallest absolute Gasteiger partial charge is 0.230 e. The van der Waals surface area contributed by atoms with Gasteiger partial charge in [0.2, 0.25) is 11.7 Å². The fourth-order valence-corrected chi connectivity index (χ4v) is 2.43. The summed E-state index contributed by atoms with van der Waals surface area (Å²) in [6, 6.07) is 7.70. The van der Waals surface area contributed by atoms with Gasteiger partial charge in [-0.1, -0.05) is 5.16 Å². The Morgan fingerprint density at radius 1 is 1.21 bits per heavy atom. The van der Waals surface area contributed by atoms with Crippen LogP contribution in [-0.2, 0) is 0 Å². The molecular formula is C14H18N3O2+. The van der Waals surface area contributed by atoms with Crippen LogP contribution in [0, 0.1) is 0 Å². The molecule has 0 aliphatic carbocycles. The van der Waals surface area contributed by atoms with Gasteiger partial charge in [0.05, 0.1) is 20.2 Å². The molecule has 2 N–H and O–H groups in total. The molecule has 1 aromatic heterocycles. The van der Waals surface area contributed by atoms with Crippen molar-refractivity contribution in [2.24, 2.45) is 0 Å². The van der Waals surface area contributed by atoms with Crippen molar-refractivity contribution in [2.75, 3.05) is 20.2 Å². The highest BCUT2D eigenvalue weighted by atomic mass is 16.5. The minimum Gasteiger partial charge on any atom is -0.497 e. The van der Waals surface area contributed by atoms with E-state index in [2.05, 4.69) is 15.5 Å². The van der Waals surface area contributed by atoms with Crippen LogP contribution < -0.4 is 10.1 Å². The predicted molar refractivity (Wildman–Crippen MR) is 69.9 cm³/mol. The summed E-state index contributed by atoms with van der Waals surface area (Å²) in [6.45, 7) is 2.29. The van der Waals surface area contributed by atoms with Crippen LogP contribution in [0.2, 0.25) is 0 Å². The minimum atomic E-state index is 0.421. The van der Waals surface area contributed by atoms with E-state index in [9.17, 15) is 0 Å². The monoisotopic (exact) mass is 260 g/mol. The second-order valence-corrected chi connectivity index (χ2v) is 4.83. The van der Waals surface area contributed by atoms with Gasteiger partial charge in [0.15, 0.2) is 0 Å². The third-order valence-corrected chi connectivity index (χ3v) is 3.58. The predicted octanol–water partition coefficient (Wildman–Crippen LogP) is 1.19. The van der Waals surface area contributed by atoms with Crippen molar-refractivity contribution in [3.8, 4) is 17.1 Å². The van der Waals surface area contributed by atoms with Crippen LogP contribution in [0.1, 0.15) is 24.7 Å². The molecular weight excluding hydrogens is 242 g/mol. The van der Waals surface area contributed by atoms with E-state index in [1.807, 2.05) is 24.3 Å². The van der Waals surface area contributed by atoms with E-state index < -0.39 is 0 Å². The Morgan fingerprint density at radius 2 is 1.95 bits per heavy atom. The Labute approximate surface area is 112 Å². The van der Waals surface area contributed by atoms with Gasteiger partial charge in [-0.3, -0.25) is 0 Å². The van der Waals surface area contributed by atoms with Gasteiger partial charge in [0.25, 0.3) is 0 Å². The van der Waals surface area contributed by atoms with Crippen molar-refractivity contribution in [1.29, 1.82) is 0 Å². The first-order valence-corrected chi connectivity index (χ1v) is 6.66. The normalized spacial score (nSPS) is 16.5. The third kappa shape index (κ3) is 2.61. The molecule has 0 amide bonds. The van der Waals surface area contributed by atoms with Crippen molar-refractivity contribution in [3.05, 3.63) is 30.2 Å². The summed E-state index contributed by atoms with van der Waals surface area (Å²) in [7, 11) is 1.65. The zero-order valence-corrected chi connectivity index (χ0v) is 11.0. The largest absolute Gasteiger partial charge is 0.497 e. The minimum absolute atomic E-state index is 0.421. The standard InChI is InChI=1S/C14H17N3O2/c1-18-12-4-2-10(3-5-12)13-16-14(19-17-13)11-6-8-15-9-7-11/h2-5,11,15H,6-9H2,1H3/p+1. The summed E-state index contributed by atoms with van der Waals surface area (Å²) < 4.78 is 10.5. The summed E-state index contributed by atoms with van der Waals surface area (Å²) >= 11 is 0. The van der Waals surface area contributed by atoms with E-state index in [1.165, 1.54) is 0 Å². The molecule has 3 rings (SSSR count). The Balaban J connectivity index is 1.79. The van der Waals surface area contributed by atoms with Gasteiger partial charge < -0.3 is 14.6 Å². The number of methoxy groups -OCH3 is 1. The number of quaternary nitrogens is 1. The number of hydrogen-bond acceptors (Lipinski definition) is 4. The van der Waals surface area contributed by atoms with Crippen molar-refractivity contribution in [1.82, 2.24) is 10.1 Å². The molecule has 0 spiro atoms. The molecule has 0 atom stereocenters. The number of piperidine rings is 1. The van der Waals surface area contributed by atoms with Crippen LogP contribution >= 0.6 is 0 Å². The average Bonchev–Trinajstić information content (AvgIpc) is 2.98. The molecule has 100 valence electrons. The lowest BCUT2D eigenvalue weighted by molar-refractivity contribution is -0.663. The summed E-state index contributed by atoms with van der Waals surface area (Å²) in [4.78, 5) is 4.53. The van der Waals surface area contributed by atoms with Gasteiger partial charge in [-0.15, -0.1) is 0 Å². The molecule has 1 aliphatic rings. The molecule has 19 heavy (non-hydrogen) atoms. The van der Waals surface area contributed by atoms with Gasteiger partial charge in [-0.2, -0.15) is 4.98 Å². The molecule has 1 saturated heterocycles. The van der Waals surface area contributed by atoms with E-state index in [-0.39, 0.29) is 0 Å². The highest BCUT2D eigenvalue weighted by Gasteiger charge is 2.23. The first-order chi connectivity index (χ1) is 9.36. The highest BCUT2D eigenvalue weighted by Crippen LogP contribution is 2.25. The zero-order valence-electron chi connectivity index (χ0n) is 11.0. The molecule has 2 heterocycles. The summed E-state index contributed by atoms with van der Waals surface area (Å²) in [5, 5.41) is 6.41. The lowest BCUT2D eigenvalue weighted by Gasteiger charge is -2.15. The molecule has 1 aliphatic heterocycles. The van der Waals surface area contributed by atoms with Crippen molar-refractivity contribution in [3.63, 3.8) is 0 Å². The Morgan fingerprint density at radius 3 is 2.63 bits per heavy atom. The van der Waals surface area contributed by atoms with E-state index in [0.29, 0.717) is 11.7 Å². The summed E-state index contributed by atoms with van der Waals surface area (Å²) in [6.07, 6.45) is 2.23. The molecule has 0 unspecified atom stereocenters. The van der Waals surface area contributed by atoms with Crippen molar-refractivity contribution in [2.45, 2.75) is 18.8 Å². The molecule has 1 aromatic carbocycles. The number of benzene rings is 1. The quantitative estimate of drug-likeness (QED) is 0.900. The second kappa shape index (κ2) is 5.40. The summed E-state index contributed by atoms with van der Waals surface area (Å²) in [5.74, 6) is 2.69. The molecule has 1 fully saturated rings. The maximum atomic E-state index is 5.41. The number of rotatable bonds is 3. The fourth-order valence-electron chi connectivity index (χ4n) is 2.43. The Hall–Kier alpha value is -1.88. The number of hydrogen-bond donors (Lipinski definition) is 1. The first kappa shape index (κ1) is 12.2. The lowest BCUT2D eigenvalue weighted by Crippen LogP contribution is -2.86. The molecule has 0 bridgehead atoms. The Bertz CT molecular complexity index is 530. The molecule has 0 saturated carbocycles. The van der Waals surface area contributed by atoms with E-state index in [4.69, 9.17) is 9.26 Å². The highest BCUT2D eigenvalue weighted by molar-refractivity contribution is 5.55. The molecule has 5 heteroatoms. The van der Waals surface area contributed by atoms with Crippen LogP contribution in [0.5, 0.6) is 5.75 Å². The average molecular weight is 260 g/mol. The molecule has 5 nitrogen and oxygen atoms in total. The fraction of sp³-hybridized carbons (Fsp3) is 0.429. The van der Waals surface area contributed by atoms with Gasteiger partial charge >= 0.3 is 0 Å². The van der Waals surface area contributed by atoms with E-state index in [1.54, 1.807) is 7.11 Å². The SMILES string of the molecule is COc1ccc(-c2noc(C3CC[NH2+]CC3)n2)cc1. The number of nitrogens with zero attached hydrogens (tertiary/aromatic N) is 2. The topological polar surface area (TPSA) is 64.8 Å². The van der Waals surface area contributed by atoms with Gasteiger partial charge in [-0.25, -0.2) is 0 Å². The molecule has 0 radical (unpaired) electrons. The van der Waals surface area contributed by atoms with Crippen molar-refractivity contribution < 1.29 is 14.6 Å². The van der Waals surface area contributed by atoms with Crippen molar-refractivity contribution >= 4 is 0 Å². The first-order valence-electron chi connectivity index (χ1n) is 6.66. The van der Waals surface area contributed by atoms with Gasteiger partial charge in [0.1, 0.15) is 5.75 Å². The maximum absolute atomic E-state index is 5.41. The number of ether oxygens (including phenoxy) is 1. The Kier molecular flexibility index (Phi) is 3.46. The molecule has 2 aromatic rings. The van der Waals surface area contributed by atoms with Crippen LogP contribution in [0.15, 0.2) is 28.8 Å². The van der Waals surface area contributed by atoms with E-state index >= 15 is 0 Å².